The zero-order valence-electron chi connectivity index (χ0n) is 11.3. The average Bonchev–Trinajstić information content (AvgIpc) is 2.61. The lowest BCUT2D eigenvalue weighted by Gasteiger charge is -2.39. The van der Waals surface area contributed by atoms with Gasteiger partial charge in [0, 0.05) is 50.8 Å². The Kier molecular flexibility index (Phi) is 3.88. The summed E-state index contributed by atoms with van der Waals surface area (Å²) in [4.78, 5) is 7.81. The van der Waals surface area contributed by atoms with Crippen LogP contribution in [-0.4, -0.2) is 72.6 Å². The highest BCUT2D eigenvalue weighted by atomic mass is 15.3. The second kappa shape index (κ2) is 5.03. The maximum Gasteiger partial charge on any atom is 0.0262 e. The van der Waals surface area contributed by atoms with E-state index in [-0.39, 0.29) is 0 Å². The van der Waals surface area contributed by atoms with E-state index < -0.39 is 0 Å². The van der Waals surface area contributed by atoms with E-state index in [1.54, 1.807) is 0 Å². The predicted octanol–water partition coefficient (Wildman–Crippen LogP) is 1.10. The molecule has 0 N–H and O–H groups in total. The summed E-state index contributed by atoms with van der Waals surface area (Å²) < 4.78 is 0. The van der Waals surface area contributed by atoms with Crippen LogP contribution in [0.15, 0.2) is 0 Å². The van der Waals surface area contributed by atoms with Crippen molar-refractivity contribution >= 4 is 0 Å². The number of piperazine rings is 1. The Morgan fingerprint density at radius 1 is 1.00 bits per heavy atom. The summed E-state index contributed by atoms with van der Waals surface area (Å²) in [6.45, 7) is 13.3. The van der Waals surface area contributed by atoms with Crippen LogP contribution < -0.4 is 0 Å². The minimum Gasteiger partial charge on any atom is -0.304 e. The molecule has 2 aliphatic rings. The molecule has 0 spiro atoms. The van der Waals surface area contributed by atoms with Gasteiger partial charge in [-0.25, -0.2) is 0 Å². The first-order valence-corrected chi connectivity index (χ1v) is 6.78. The van der Waals surface area contributed by atoms with Crippen molar-refractivity contribution in [1.82, 2.24) is 14.7 Å². The van der Waals surface area contributed by atoms with E-state index >= 15 is 0 Å². The van der Waals surface area contributed by atoms with Gasteiger partial charge in [0.1, 0.15) is 0 Å². The van der Waals surface area contributed by atoms with Crippen LogP contribution in [0.3, 0.4) is 0 Å². The van der Waals surface area contributed by atoms with Crippen molar-refractivity contribution in [2.45, 2.75) is 45.3 Å². The summed E-state index contributed by atoms with van der Waals surface area (Å²) in [5.74, 6) is 0. The minimum atomic E-state index is 0.701. The molecule has 0 aromatic rings. The zero-order valence-corrected chi connectivity index (χ0v) is 11.3. The second-order valence-corrected chi connectivity index (χ2v) is 5.77. The van der Waals surface area contributed by atoms with Gasteiger partial charge in [0.15, 0.2) is 0 Å². The molecule has 94 valence electrons. The van der Waals surface area contributed by atoms with Gasteiger partial charge in [-0.2, -0.15) is 0 Å². The van der Waals surface area contributed by atoms with Gasteiger partial charge in [0.2, 0.25) is 0 Å². The molecule has 3 heteroatoms. The molecule has 16 heavy (non-hydrogen) atoms. The Bertz CT molecular complexity index is 221. The summed E-state index contributed by atoms with van der Waals surface area (Å²) in [6, 6.07) is 2.24. The molecule has 0 radical (unpaired) electrons. The number of nitrogens with zero attached hydrogens (tertiary/aromatic N) is 3. The summed E-state index contributed by atoms with van der Waals surface area (Å²) >= 11 is 0. The van der Waals surface area contributed by atoms with E-state index in [2.05, 4.69) is 42.5 Å². The van der Waals surface area contributed by atoms with Gasteiger partial charge < -0.3 is 4.90 Å². The molecule has 0 saturated carbocycles. The van der Waals surface area contributed by atoms with Crippen molar-refractivity contribution in [1.29, 1.82) is 0 Å². The Labute approximate surface area is 100 Å². The third-order valence-corrected chi connectivity index (χ3v) is 4.43. The standard InChI is InChI=1S/C13H27N3/c1-11(2)16-6-5-13(12(16)3)15-9-7-14(4)8-10-15/h11-13H,5-10H2,1-4H3. The van der Waals surface area contributed by atoms with Crippen LogP contribution in [0.5, 0.6) is 0 Å². The lowest BCUT2D eigenvalue weighted by atomic mass is 10.1. The molecule has 0 amide bonds. The lowest BCUT2D eigenvalue weighted by Crippen LogP contribution is -2.52. The maximum atomic E-state index is 2.72. The molecule has 0 aliphatic carbocycles. The van der Waals surface area contributed by atoms with Crippen molar-refractivity contribution in [3.63, 3.8) is 0 Å². The van der Waals surface area contributed by atoms with Gasteiger partial charge in [-0.05, 0) is 34.2 Å². The smallest absolute Gasteiger partial charge is 0.0262 e. The number of hydrogen-bond acceptors (Lipinski definition) is 3. The first kappa shape index (κ1) is 12.3. The SMILES string of the molecule is CC(C)N1CCC(N2CCN(C)CC2)C1C. The molecule has 2 fully saturated rings. The Hall–Kier alpha value is -0.120. The third-order valence-electron chi connectivity index (χ3n) is 4.43. The Morgan fingerprint density at radius 2 is 1.62 bits per heavy atom. The Balaban J connectivity index is 1.91. The highest BCUT2D eigenvalue weighted by Gasteiger charge is 2.36. The quantitative estimate of drug-likeness (QED) is 0.697. The highest BCUT2D eigenvalue weighted by Crippen LogP contribution is 2.25. The normalized spacial score (nSPS) is 35.1. The third kappa shape index (κ3) is 2.41. The van der Waals surface area contributed by atoms with E-state index in [1.165, 1.54) is 39.1 Å². The number of hydrogen-bond donors (Lipinski definition) is 0. The molecular weight excluding hydrogens is 198 g/mol. The molecule has 0 aromatic heterocycles. The fourth-order valence-electron chi connectivity index (χ4n) is 3.32. The maximum absolute atomic E-state index is 2.72. The second-order valence-electron chi connectivity index (χ2n) is 5.77. The van der Waals surface area contributed by atoms with E-state index in [4.69, 9.17) is 0 Å². The molecule has 2 heterocycles. The van der Waals surface area contributed by atoms with Crippen LogP contribution >= 0.6 is 0 Å². The van der Waals surface area contributed by atoms with Gasteiger partial charge in [-0.15, -0.1) is 0 Å². The van der Waals surface area contributed by atoms with Crippen LogP contribution in [0.1, 0.15) is 27.2 Å². The van der Waals surface area contributed by atoms with Crippen LogP contribution in [-0.2, 0) is 0 Å². The van der Waals surface area contributed by atoms with Crippen LogP contribution in [0, 0.1) is 0 Å². The molecule has 2 rings (SSSR count). The lowest BCUT2D eigenvalue weighted by molar-refractivity contribution is 0.0856. The first-order chi connectivity index (χ1) is 7.59. The molecule has 0 bridgehead atoms. The highest BCUT2D eigenvalue weighted by molar-refractivity contribution is 4.93. The van der Waals surface area contributed by atoms with Crippen molar-refractivity contribution in [3.05, 3.63) is 0 Å². The Morgan fingerprint density at radius 3 is 2.12 bits per heavy atom. The van der Waals surface area contributed by atoms with Crippen LogP contribution in [0.25, 0.3) is 0 Å². The van der Waals surface area contributed by atoms with Gasteiger partial charge in [-0.3, -0.25) is 9.80 Å². The van der Waals surface area contributed by atoms with E-state index in [0.29, 0.717) is 6.04 Å². The molecular formula is C13H27N3. The zero-order chi connectivity index (χ0) is 11.7. The summed E-state index contributed by atoms with van der Waals surface area (Å²) in [5.41, 5.74) is 0. The average molecular weight is 225 g/mol. The molecule has 2 atom stereocenters. The fraction of sp³-hybridized carbons (Fsp3) is 1.00. The molecule has 2 saturated heterocycles. The molecule has 3 nitrogen and oxygen atoms in total. The van der Waals surface area contributed by atoms with Gasteiger partial charge in [0.25, 0.3) is 0 Å². The monoisotopic (exact) mass is 225 g/mol. The molecule has 0 aromatic carbocycles. The topological polar surface area (TPSA) is 9.72 Å². The van der Waals surface area contributed by atoms with Crippen molar-refractivity contribution in [3.8, 4) is 0 Å². The summed E-state index contributed by atoms with van der Waals surface area (Å²) in [7, 11) is 2.23. The summed E-state index contributed by atoms with van der Waals surface area (Å²) in [5, 5.41) is 0. The van der Waals surface area contributed by atoms with Crippen molar-refractivity contribution in [2.75, 3.05) is 39.8 Å². The molecule has 2 unspecified atom stereocenters. The van der Waals surface area contributed by atoms with Crippen molar-refractivity contribution < 1.29 is 0 Å². The number of likely N-dealkylation sites (N-methyl/N-ethyl adjacent to an activating group) is 1. The van der Waals surface area contributed by atoms with E-state index in [9.17, 15) is 0 Å². The van der Waals surface area contributed by atoms with Crippen LogP contribution in [0.2, 0.25) is 0 Å². The van der Waals surface area contributed by atoms with Crippen molar-refractivity contribution in [2.24, 2.45) is 0 Å². The number of rotatable bonds is 2. The van der Waals surface area contributed by atoms with E-state index in [0.717, 1.165) is 12.1 Å². The minimum absolute atomic E-state index is 0.701. The summed E-state index contributed by atoms with van der Waals surface area (Å²) in [6.07, 6.45) is 1.36. The predicted molar refractivity (Wildman–Crippen MR) is 68.8 cm³/mol. The van der Waals surface area contributed by atoms with E-state index in [1.807, 2.05) is 0 Å². The van der Waals surface area contributed by atoms with Gasteiger partial charge >= 0.3 is 0 Å². The van der Waals surface area contributed by atoms with Gasteiger partial charge in [-0.1, -0.05) is 0 Å². The van der Waals surface area contributed by atoms with Crippen LogP contribution in [0.4, 0.5) is 0 Å². The largest absolute Gasteiger partial charge is 0.304 e. The fourth-order valence-corrected chi connectivity index (χ4v) is 3.32. The molecule has 2 aliphatic heterocycles. The first-order valence-electron chi connectivity index (χ1n) is 6.78. The van der Waals surface area contributed by atoms with Gasteiger partial charge in [0.05, 0.1) is 0 Å². The number of likely N-dealkylation sites (tertiary alicyclic amines) is 1.